The SMILES string of the molecule is C=C[Si]([CH2][Sn]([CH2]CCC)([CH2]CCC)[CH2]CCC)([CH2][Sn]([CH2]CCC)([CH2]CCC)[CH2]CCC)[CH2][Sn]([CH2]CCC)([CH2]CCC)[CH2]CCC. The quantitative estimate of drug-likeness (QED) is 0.0564. The summed E-state index contributed by atoms with van der Waals surface area (Å²) in [4.78, 5) is 0. The number of hydrogen-bond acceptors (Lipinski definition) is 0. The van der Waals surface area contributed by atoms with Gasteiger partial charge in [0, 0.05) is 0 Å². The summed E-state index contributed by atoms with van der Waals surface area (Å²) in [6.45, 7) is 27.6. The molecule has 0 radical (unpaired) electrons. The fourth-order valence-corrected chi connectivity index (χ4v) is 132. The first-order valence-electron chi connectivity index (χ1n) is 21.4. The first-order valence-corrected chi connectivity index (χ1v) is 48.3. The molecule has 0 aliphatic heterocycles. The Morgan fingerprint density at radius 3 is 0.600 bits per heavy atom. The summed E-state index contributed by atoms with van der Waals surface area (Å²) < 4.78 is 21.2. The Balaban J connectivity index is 7.48. The predicted octanol–water partition coefficient (Wildman–Crippen LogP) is 16.3. The van der Waals surface area contributed by atoms with Crippen molar-refractivity contribution in [2.75, 3.05) is 0 Å². The second-order valence-electron chi connectivity index (χ2n) is 16.5. The number of rotatable bonds is 34. The van der Waals surface area contributed by atoms with Gasteiger partial charge in [-0.15, -0.1) is 0 Å². The Labute approximate surface area is 302 Å². The van der Waals surface area contributed by atoms with Crippen molar-refractivity contribution in [3.05, 3.63) is 12.3 Å². The van der Waals surface area contributed by atoms with E-state index in [9.17, 15) is 0 Å². The average Bonchev–Trinajstić information content (AvgIpc) is 3.06. The molecule has 45 heavy (non-hydrogen) atoms. The van der Waals surface area contributed by atoms with E-state index in [0.29, 0.717) is 0 Å². The van der Waals surface area contributed by atoms with Gasteiger partial charge in [0.1, 0.15) is 0 Å². The molecule has 0 aromatic rings. The monoisotopic (exact) mass is 970 g/mol. The van der Waals surface area contributed by atoms with Gasteiger partial charge in [-0.25, -0.2) is 0 Å². The molecule has 0 rings (SSSR count). The van der Waals surface area contributed by atoms with Crippen LogP contribution in [0.4, 0.5) is 0 Å². The van der Waals surface area contributed by atoms with Crippen LogP contribution in [-0.2, 0) is 0 Å². The third-order valence-corrected chi connectivity index (χ3v) is 91.1. The zero-order valence-electron chi connectivity index (χ0n) is 33.5. The van der Waals surface area contributed by atoms with Crippen molar-refractivity contribution in [1.82, 2.24) is 0 Å². The van der Waals surface area contributed by atoms with E-state index < -0.39 is 63.2 Å². The topological polar surface area (TPSA) is 0 Å². The molecule has 0 heterocycles. The standard InChI is InChI=1S/C5H9Si.9C4H9.3Sn/c1-5-6(2,3)4;9*1-3-4-2;;;/h5H,1-4H2;9*1,3-4H2,2H3;;;. The van der Waals surface area contributed by atoms with Crippen LogP contribution < -0.4 is 0 Å². The van der Waals surface area contributed by atoms with E-state index in [1.807, 2.05) is 12.2 Å². The van der Waals surface area contributed by atoms with E-state index in [2.05, 4.69) is 68.0 Å². The van der Waals surface area contributed by atoms with E-state index in [4.69, 9.17) is 6.58 Å². The van der Waals surface area contributed by atoms with E-state index >= 15 is 0 Å². The summed E-state index contributed by atoms with van der Waals surface area (Å²) in [5, 5.41) is 0. The molecule has 0 nitrogen and oxygen atoms in total. The van der Waals surface area contributed by atoms with Gasteiger partial charge in [0.2, 0.25) is 0 Å². The molecule has 0 aliphatic carbocycles. The van der Waals surface area contributed by atoms with E-state index in [1.165, 1.54) is 57.8 Å². The van der Waals surface area contributed by atoms with Gasteiger partial charge in [0.15, 0.2) is 0 Å². The van der Waals surface area contributed by atoms with Crippen LogP contribution in [0.25, 0.3) is 0 Å². The third kappa shape index (κ3) is 19.5. The molecule has 0 saturated carbocycles. The van der Waals surface area contributed by atoms with Crippen LogP contribution in [0.2, 0.25) is 52.1 Å². The van der Waals surface area contributed by atoms with Crippen molar-refractivity contribution >= 4 is 63.2 Å². The van der Waals surface area contributed by atoms with Gasteiger partial charge in [0.25, 0.3) is 0 Å². The molecule has 4 heteroatoms. The van der Waals surface area contributed by atoms with Gasteiger partial charge in [0.05, 0.1) is 0 Å². The second kappa shape index (κ2) is 29.0. The minimum absolute atomic E-state index is 1.43. The summed E-state index contributed by atoms with van der Waals surface area (Å²) in [5.41, 5.74) is 2.94. The fraction of sp³-hybridized carbons (Fsp3) is 0.951. The van der Waals surface area contributed by atoms with Gasteiger partial charge in [-0.3, -0.25) is 0 Å². The summed E-state index contributed by atoms with van der Waals surface area (Å²) in [7, 11) is -1.58. The molecule has 0 aromatic carbocycles. The molecule has 270 valence electrons. The van der Waals surface area contributed by atoms with Crippen molar-refractivity contribution in [3.63, 3.8) is 0 Å². The summed E-state index contributed by atoms with van der Waals surface area (Å²) in [5.74, 6) is 0. The predicted molar refractivity (Wildman–Crippen MR) is 225 cm³/mol. The van der Waals surface area contributed by atoms with Crippen molar-refractivity contribution in [3.8, 4) is 0 Å². The Morgan fingerprint density at radius 1 is 0.333 bits per heavy atom. The number of unbranched alkanes of at least 4 members (excludes halogenated alkanes) is 9. The van der Waals surface area contributed by atoms with E-state index in [0.717, 1.165) is 0 Å². The van der Waals surface area contributed by atoms with E-state index in [-0.39, 0.29) is 0 Å². The fourth-order valence-electron chi connectivity index (χ4n) is 9.53. The molecule has 0 N–H and O–H groups in total. The molecule has 0 amide bonds. The molecule has 0 aromatic heterocycles. The van der Waals surface area contributed by atoms with Crippen LogP contribution in [0.3, 0.4) is 0 Å². The van der Waals surface area contributed by atoms with Crippen molar-refractivity contribution in [2.45, 2.75) is 230 Å². The van der Waals surface area contributed by atoms with Crippen LogP contribution in [-0.4, -0.2) is 63.2 Å². The molecular weight excluding hydrogens is 877 g/mol. The molecular formula is C41H90SiSn3. The summed E-state index contributed by atoms with van der Waals surface area (Å²) in [6, 6.07) is 0. The molecule has 0 atom stereocenters. The van der Waals surface area contributed by atoms with E-state index in [1.54, 1.807) is 97.7 Å². The second-order valence-corrected chi connectivity index (χ2v) is 68.3. The van der Waals surface area contributed by atoms with Gasteiger partial charge in [-0.05, 0) is 0 Å². The summed E-state index contributed by atoms with van der Waals surface area (Å²) in [6.07, 6.45) is 26.8. The maximum absolute atomic E-state index is 5.07. The molecule has 0 spiro atoms. The Hall–Kier alpha value is 2.35. The third-order valence-electron chi connectivity index (χ3n) is 12.2. The molecule has 0 aliphatic rings. The first kappa shape index (κ1) is 47.4. The van der Waals surface area contributed by atoms with Crippen LogP contribution in [0, 0.1) is 0 Å². The van der Waals surface area contributed by atoms with Crippen LogP contribution >= 0.6 is 0 Å². The molecule has 0 saturated heterocycles. The van der Waals surface area contributed by atoms with Gasteiger partial charge < -0.3 is 0 Å². The number of hydrogen-bond donors (Lipinski definition) is 0. The zero-order chi connectivity index (χ0) is 33.9. The Morgan fingerprint density at radius 2 is 0.489 bits per heavy atom. The zero-order valence-corrected chi connectivity index (χ0v) is 43.1. The van der Waals surface area contributed by atoms with Crippen LogP contribution in [0.15, 0.2) is 12.3 Å². The van der Waals surface area contributed by atoms with Gasteiger partial charge in [-0.1, -0.05) is 0 Å². The molecule has 0 fully saturated rings. The van der Waals surface area contributed by atoms with Gasteiger partial charge >= 0.3 is 305 Å². The molecule has 0 bridgehead atoms. The Bertz CT molecular complexity index is 529. The first-order chi connectivity index (χ1) is 21.7. The summed E-state index contributed by atoms with van der Waals surface area (Å²) >= 11 is -7.03. The molecule has 0 unspecified atom stereocenters. The van der Waals surface area contributed by atoms with Crippen molar-refractivity contribution < 1.29 is 0 Å². The average molecular weight is 967 g/mol. The van der Waals surface area contributed by atoms with Gasteiger partial charge in [-0.2, -0.15) is 0 Å². The van der Waals surface area contributed by atoms with Crippen molar-refractivity contribution in [1.29, 1.82) is 0 Å². The van der Waals surface area contributed by atoms with Crippen LogP contribution in [0.1, 0.15) is 178 Å². The maximum atomic E-state index is 5.07. The normalized spacial score (nSPS) is 13.1. The van der Waals surface area contributed by atoms with Crippen LogP contribution in [0.5, 0.6) is 0 Å². The Kier molecular flexibility index (Phi) is 30.5. The minimum atomic E-state index is -2.34. The van der Waals surface area contributed by atoms with Crippen molar-refractivity contribution in [2.24, 2.45) is 0 Å².